The molecule has 0 spiro atoms. The smallest absolute Gasteiger partial charge is 0.337 e. The van der Waals surface area contributed by atoms with E-state index in [0.717, 1.165) is 0 Å². The van der Waals surface area contributed by atoms with E-state index in [4.69, 9.17) is 5.11 Å². The maximum Gasteiger partial charge on any atom is 0.337 e. The fourth-order valence-corrected chi connectivity index (χ4v) is 1.60. The number of nitro benzene ring substituents is 1. The summed E-state index contributed by atoms with van der Waals surface area (Å²) in [4.78, 5) is 21.2. The van der Waals surface area contributed by atoms with E-state index in [9.17, 15) is 14.9 Å². The maximum absolute atomic E-state index is 11.0. The number of aromatic carboxylic acids is 1. The number of rotatable bonds is 5. The van der Waals surface area contributed by atoms with Gasteiger partial charge in [0.25, 0.3) is 5.69 Å². The summed E-state index contributed by atoms with van der Waals surface area (Å²) in [6.45, 7) is 0. The SMILES string of the molecule is O=C(O)c1ccccc1NN=Nc1ccccc1[N+](=O)[O-]. The Labute approximate surface area is 118 Å². The molecule has 0 atom stereocenters. The first-order chi connectivity index (χ1) is 10.1. The summed E-state index contributed by atoms with van der Waals surface area (Å²) in [6.07, 6.45) is 0. The first-order valence-corrected chi connectivity index (χ1v) is 5.82. The molecule has 8 heteroatoms. The molecule has 0 aliphatic carbocycles. The lowest BCUT2D eigenvalue weighted by molar-refractivity contribution is -0.384. The Bertz CT molecular complexity index is 715. The van der Waals surface area contributed by atoms with Crippen LogP contribution in [0.15, 0.2) is 58.9 Å². The van der Waals surface area contributed by atoms with Gasteiger partial charge >= 0.3 is 5.97 Å². The van der Waals surface area contributed by atoms with E-state index in [2.05, 4.69) is 15.8 Å². The van der Waals surface area contributed by atoms with Gasteiger partial charge in [-0.25, -0.2) is 4.79 Å². The van der Waals surface area contributed by atoms with Gasteiger partial charge in [-0.2, -0.15) is 0 Å². The van der Waals surface area contributed by atoms with Gasteiger partial charge in [-0.1, -0.05) is 29.5 Å². The van der Waals surface area contributed by atoms with Gasteiger partial charge in [-0.15, -0.1) is 5.11 Å². The third kappa shape index (κ3) is 3.38. The van der Waals surface area contributed by atoms with Crippen LogP contribution in [-0.2, 0) is 0 Å². The summed E-state index contributed by atoms with van der Waals surface area (Å²) in [5, 5.41) is 27.1. The van der Waals surface area contributed by atoms with Crippen LogP contribution in [0.4, 0.5) is 17.1 Å². The first kappa shape index (κ1) is 14.1. The highest BCUT2D eigenvalue weighted by Gasteiger charge is 2.12. The van der Waals surface area contributed by atoms with Crippen LogP contribution < -0.4 is 5.43 Å². The Hall–Kier alpha value is -3.29. The van der Waals surface area contributed by atoms with Gasteiger partial charge in [-0.05, 0) is 18.2 Å². The number of nitrogens with one attached hydrogen (secondary N) is 1. The molecule has 8 nitrogen and oxygen atoms in total. The number of para-hydroxylation sites is 2. The highest BCUT2D eigenvalue weighted by Crippen LogP contribution is 2.26. The van der Waals surface area contributed by atoms with Crippen molar-refractivity contribution in [2.24, 2.45) is 10.3 Å². The summed E-state index contributed by atoms with van der Waals surface area (Å²) in [7, 11) is 0. The van der Waals surface area contributed by atoms with Gasteiger partial charge in [0.05, 0.1) is 16.2 Å². The monoisotopic (exact) mass is 286 g/mol. The van der Waals surface area contributed by atoms with Crippen molar-refractivity contribution in [2.75, 3.05) is 5.43 Å². The molecular formula is C13H10N4O4. The molecule has 106 valence electrons. The minimum Gasteiger partial charge on any atom is -0.478 e. The minimum atomic E-state index is -1.11. The highest BCUT2D eigenvalue weighted by atomic mass is 16.6. The van der Waals surface area contributed by atoms with Gasteiger partial charge in [0.1, 0.15) is 0 Å². The second kappa shape index (κ2) is 6.24. The molecule has 2 rings (SSSR count). The van der Waals surface area contributed by atoms with Gasteiger partial charge in [-0.3, -0.25) is 15.5 Å². The molecule has 21 heavy (non-hydrogen) atoms. The lowest BCUT2D eigenvalue weighted by atomic mass is 10.2. The molecule has 0 aliphatic rings. The number of carbonyl (C=O) groups is 1. The molecule has 0 saturated heterocycles. The number of nitro groups is 1. The summed E-state index contributed by atoms with van der Waals surface area (Å²) in [6, 6.07) is 12.0. The van der Waals surface area contributed by atoms with Crippen molar-refractivity contribution in [3.05, 3.63) is 64.2 Å². The predicted molar refractivity (Wildman–Crippen MR) is 74.6 cm³/mol. The highest BCUT2D eigenvalue weighted by molar-refractivity contribution is 5.94. The average Bonchev–Trinajstić information content (AvgIpc) is 2.48. The molecule has 2 aromatic carbocycles. The molecule has 0 amide bonds. The molecule has 0 aromatic heterocycles. The number of hydrogen-bond acceptors (Lipinski definition) is 5. The topological polar surface area (TPSA) is 117 Å². The van der Waals surface area contributed by atoms with Crippen molar-refractivity contribution in [1.29, 1.82) is 0 Å². The third-order valence-corrected chi connectivity index (χ3v) is 2.56. The summed E-state index contributed by atoms with van der Waals surface area (Å²) < 4.78 is 0. The van der Waals surface area contributed by atoms with Crippen LogP contribution in [0.25, 0.3) is 0 Å². The quantitative estimate of drug-likeness (QED) is 0.496. The number of carboxylic acid groups (broad SMARTS) is 1. The Morgan fingerprint density at radius 1 is 1.14 bits per heavy atom. The Morgan fingerprint density at radius 3 is 2.52 bits per heavy atom. The van der Waals surface area contributed by atoms with Crippen LogP contribution in [0.5, 0.6) is 0 Å². The lowest BCUT2D eigenvalue weighted by Crippen LogP contribution is -2.01. The second-order valence-electron chi connectivity index (χ2n) is 3.91. The van der Waals surface area contributed by atoms with Crippen LogP contribution >= 0.6 is 0 Å². The normalized spacial score (nSPS) is 10.5. The van der Waals surface area contributed by atoms with Crippen LogP contribution in [-0.4, -0.2) is 16.0 Å². The van der Waals surface area contributed by atoms with E-state index >= 15 is 0 Å². The van der Waals surface area contributed by atoms with Gasteiger partial charge in [0.15, 0.2) is 5.69 Å². The molecule has 0 heterocycles. The van der Waals surface area contributed by atoms with E-state index in [-0.39, 0.29) is 22.6 Å². The molecule has 0 unspecified atom stereocenters. The Balaban J connectivity index is 2.21. The van der Waals surface area contributed by atoms with E-state index in [1.54, 1.807) is 18.2 Å². The molecule has 0 fully saturated rings. The molecular weight excluding hydrogens is 276 g/mol. The fraction of sp³-hybridized carbons (Fsp3) is 0. The van der Waals surface area contributed by atoms with E-state index in [1.807, 2.05) is 0 Å². The summed E-state index contributed by atoms with van der Waals surface area (Å²) >= 11 is 0. The Kier molecular flexibility index (Phi) is 4.20. The molecule has 0 radical (unpaired) electrons. The van der Waals surface area contributed by atoms with Gasteiger partial charge < -0.3 is 5.11 Å². The number of hydrogen-bond donors (Lipinski definition) is 2. The largest absolute Gasteiger partial charge is 0.478 e. The molecule has 0 saturated carbocycles. The van der Waals surface area contributed by atoms with Crippen molar-refractivity contribution in [1.82, 2.24) is 0 Å². The first-order valence-electron chi connectivity index (χ1n) is 5.82. The number of carboxylic acids is 1. The fourth-order valence-electron chi connectivity index (χ4n) is 1.60. The van der Waals surface area contributed by atoms with E-state index in [1.165, 1.54) is 30.3 Å². The summed E-state index contributed by atoms with van der Waals surface area (Å²) in [5.74, 6) is -1.11. The van der Waals surface area contributed by atoms with Gasteiger partial charge in [0.2, 0.25) is 0 Å². The maximum atomic E-state index is 11.0. The molecule has 0 aliphatic heterocycles. The van der Waals surface area contributed by atoms with Crippen LogP contribution in [0.3, 0.4) is 0 Å². The second-order valence-corrected chi connectivity index (χ2v) is 3.91. The van der Waals surface area contributed by atoms with Gasteiger partial charge in [0, 0.05) is 6.07 Å². The minimum absolute atomic E-state index is 0.0269. The molecule has 2 N–H and O–H groups in total. The zero-order valence-electron chi connectivity index (χ0n) is 10.6. The lowest BCUT2D eigenvalue weighted by Gasteiger charge is -2.03. The third-order valence-electron chi connectivity index (χ3n) is 2.56. The van der Waals surface area contributed by atoms with E-state index in [0.29, 0.717) is 0 Å². The molecule has 2 aromatic rings. The van der Waals surface area contributed by atoms with Crippen LogP contribution in [0.1, 0.15) is 10.4 Å². The zero-order valence-corrected chi connectivity index (χ0v) is 10.6. The number of benzene rings is 2. The average molecular weight is 286 g/mol. The van der Waals surface area contributed by atoms with E-state index < -0.39 is 10.9 Å². The molecule has 0 bridgehead atoms. The number of anilines is 1. The van der Waals surface area contributed by atoms with Crippen molar-refractivity contribution < 1.29 is 14.8 Å². The zero-order chi connectivity index (χ0) is 15.2. The van der Waals surface area contributed by atoms with Crippen LogP contribution in [0.2, 0.25) is 0 Å². The van der Waals surface area contributed by atoms with Crippen LogP contribution in [0, 0.1) is 10.1 Å². The Morgan fingerprint density at radius 2 is 1.81 bits per heavy atom. The predicted octanol–water partition coefficient (Wildman–Crippen LogP) is 3.40. The summed E-state index contributed by atoms with van der Waals surface area (Å²) in [5.41, 5.74) is 2.62. The standard InChI is InChI=1S/C13H10N4O4/c18-13(19)9-5-1-2-6-10(9)14-16-15-11-7-3-4-8-12(11)17(20)21/h1-8H,(H,14,15)(H,18,19). The van der Waals surface area contributed by atoms with Crippen molar-refractivity contribution in [3.63, 3.8) is 0 Å². The van der Waals surface area contributed by atoms with Crippen molar-refractivity contribution >= 4 is 23.0 Å². The van der Waals surface area contributed by atoms with Crippen molar-refractivity contribution in [2.45, 2.75) is 0 Å². The van der Waals surface area contributed by atoms with Crippen molar-refractivity contribution in [3.8, 4) is 0 Å². The number of nitrogens with zero attached hydrogens (tertiary/aromatic N) is 3.